The minimum Gasteiger partial charge on any atom is -0.480 e. The first kappa shape index (κ1) is 53.5. The summed E-state index contributed by atoms with van der Waals surface area (Å²) in [5, 5.41) is 44.2. The van der Waals surface area contributed by atoms with Crippen molar-refractivity contribution in [2.45, 2.75) is 56.0 Å². The molecule has 0 spiro atoms. The van der Waals surface area contributed by atoms with E-state index in [1.54, 1.807) is 43.5 Å². The molecule has 0 saturated carbocycles. The van der Waals surface area contributed by atoms with Gasteiger partial charge in [0.25, 0.3) is 0 Å². The maximum absolute atomic E-state index is 13.0. The Labute approximate surface area is 415 Å². The number of aromatic nitrogens is 1. The van der Waals surface area contributed by atoms with Crippen LogP contribution in [0.15, 0.2) is 95.0 Å². The number of thioether (sulfide) groups is 1. The van der Waals surface area contributed by atoms with Crippen molar-refractivity contribution >= 4 is 69.9 Å². The Morgan fingerprint density at radius 2 is 1.30 bits per heavy atom. The third-order valence-corrected chi connectivity index (χ3v) is 14.3. The van der Waals surface area contributed by atoms with Gasteiger partial charge in [0.15, 0.2) is 12.7 Å². The summed E-state index contributed by atoms with van der Waals surface area (Å²) >= 11 is 1.80. The van der Waals surface area contributed by atoms with Gasteiger partial charge in [0.2, 0.25) is 11.4 Å². The monoisotopic (exact) mass is 982 g/mol. The number of quaternary nitrogens is 1. The van der Waals surface area contributed by atoms with Crippen molar-refractivity contribution in [2.75, 3.05) is 116 Å². The summed E-state index contributed by atoms with van der Waals surface area (Å²) in [6.07, 6.45) is 8.97. The number of unbranched alkanes of at least 4 members (excludes halogenated alkanes) is 2. The Hall–Kier alpha value is -5.89. The van der Waals surface area contributed by atoms with Gasteiger partial charge in [0.05, 0.1) is 75.9 Å². The van der Waals surface area contributed by atoms with Crippen molar-refractivity contribution in [3.05, 3.63) is 101 Å². The Kier molecular flexibility index (Phi) is 19.7. The molecule has 70 heavy (non-hydrogen) atoms. The fraction of sp³-hybridized carbons (Fsp3) is 0.462. The lowest BCUT2D eigenvalue weighted by molar-refractivity contribution is -0.892. The van der Waals surface area contributed by atoms with Crippen LogP contribution in [0.4, 0.5) is 11.4 Å². The van der Waals surface area contributed by atoms with Crippen LogP contribution in [-0.4, -0.2) is 187 Å². The third-order valence-electron chi connectivity index (χ3n) is 13.1. The lowest BCUT2D eigenvalue weighted by atomic mass is 10.0. The molecule has 1 fully saturated rings. The molecule has 1 aromatic heterocycles. The van der Waals surface area contributed by atoms with Crippen LogP contribution in [0, 0.1) is 0 Å². The van der Waals surface area contributed by atoms with Crippen LogP contribution in [0.5, 0.6) is 0 Å². The SMILES string of the molecule is CN1/C(=C/c2cc[n+](CCC[N+](C)(C)CCCCCC(=O)Nc3ccc(CC4CN(CC(=O)O)CCN(CC(=O)O)CCN(CC(=O)O)CCN4CC(=O)O)cc3)c3ccccc23)Sc2ccccc21. The maximum Gasteiger partial charge on any atom is 0.317 e. The van der Waals surface area contributed by atoms with Crippen LogP contribution in [0.2, 0.25) is 0 Å². The van der Waals surface area contributed by atoms with Gasteiger partial charge in [-0.1, -0.05) is 48.2 Å². The molecule has 6 rings (SSSR count). The molecule has 0 bridgehead atoms. The number of nitrogens with one attached hydrogen (secondary N) is 1. The number of aryl methyl sites for hydroxylation is 1. The lowest BCUT2D eigenvalue weighted by Crippen LogP contribution is -2.53. The highest BCUT2D eigenvalue weighted by molar-refractivity contribution is 8.03. The van der Waals surface area contributed by atoms with Crippen molar-refractivity contribution in [2.24, 2.45) is 0 Å². The van der Waals surface area contributed by atoms with E-state index >= 15 is 0 Å². The number of anilines is 2. The maximum atomic E-state index is 13.0. The van der Waals surface area contributed by atoms with E-state index < -0.39 is 29.9 Å². The molecule has 2 aliphatic heterocycles. The molecule has 1 atom stereocenters. The molecule has 0 radical (unpaired) electrons. The molecule has 2 aliphatic rings. The van der Waals surface area contributed by atoms with Crippen LogP contribution >= 0.6 is 11.8 Å². The van der Waals surface area contributed by atoms with Gasteiger partial charge in [0.1, 0.15) is 0 Å². The van der Waals surface area contributed by atoms with Crippen LogP contribution in [0.3, 0.4) is 0 Å². The van der Waals surface area contributed by atoms with E-state index in [1.165, 1.54) is 32.1 Å². The van der Waals surface area contributed by atoms with Crippen LogP contribution < -0.4 is 14.8 Å². The summed E-state index contributed by atoms with van der Waals surface area (Å²) in [6, 6.07) is 26.2. The van der Waals surface area contributed by atoms with Crippen LogP contribution in [0.25, 0.3) is 17.0 Å². The van der Waals surface area contributed by atoms with Gasteiger partial charge in [-0.05, 0) is 73.2 Å². The first-order chi connectivity index (χ1) is 33.5. The number of rotatable bonds is 22. The number of para-hydroxylation sites is 2. The molecule has 18 heteroatoms. The van der Waals surface area contributed by atoms with Gasteiger partial charge < -0.3 is 35.1 Å². The smallest absolute Gasteiger partial charge is 0.317 e. The molecule has 1 saturated heterocycles. The van der Waals surface area contributed by atoms with E-state index in [0.717, 1.165) is 55.4 Å². The second-order valence-corrected chi connectivity index (χ2v) is 20.1. The number of carbonyl (C=O) groups excluding carboxylic acids is 1. The number of carbonyl (C=O) groups is 5. The summed E-state index contributed by atoms with van der Waals surface area (Å²) < 4.78 is 3.26. The molecular weight excluding hydrogens is 913 g/mol. The highest BCUT2D eigenvalue weighted by Crippen LogP contribution is 2.45. The minimum absolute atomic E-state index is 0.0776. The lowest BCUT2D eigenvalue weighted by Gasteiger charge is -2.37. The molecule has 1 unspecified atom stereocenters. The summed E-state index contributed by atoms with van der Waals surface area (Å²) in [5.74, 6) is -4.33. The summed E-state index contributed by atoms with van der Waals surface area (Å²) in [7, 11) is 6.67. The van der Waals surface area contributed by atoms with Gasteiger partial charge in [-0.25, -0.2) is 0 Å². The fourth-order valence-corrected chi connectivity index (χ4v) is 10.5. The largest absolute Gasteiger partial charge is 0.480 e. The number of hydrogen-bond donors (Lipinski definition) is 5. The molecule has 0 aliphatic carbocycles. The highest BCUT2D eigenvalue weighted by Gasteiger charge is 2.28. The number of pyridine rings is 1. The van der Waals surface area contributed by atoms with Gasteiger partial charge >= 0.3 is 23.9 Å². The molecular formula is C52H70N8O9S+2. The second-order valence-electron chi connectivity index (χ2n) is 19.1. The third kappa shape index (κ3) is 16.6. The average Bonchev–Trinajstić information content (AvgIpc) is 3.62. The van der Waals surface area contributed by atoms with Crippen molar-refractivity contribution in [3.63, 3.8) is 0 Å². The quantitative estimate of drug-likeness (QED) is 0.0409. The Morgan fingerprint density at radius 3 is 1.97 bits per heavy atom. The zero-order chi connectivity index (χ0) is 50.2. The zero-order valence-corrected chi connectivity index (χ0v) is 41.6. The molecule has 5 N–H and O–H groups in total. The fourth-order valence-electron chi connectivity index (χ4n) is 9.37. The molecule has 376 valence electrons. The van der Waals surface area contributed by atoms with E-state index in [2.05, 4.69) is 103 Å². The molecule has 1 amide bonds. The van der Waals surface area contributed by atoms with E-state index in [1.807, 2.05) is 12.1 Å². The Balaban J connectivity index is 0.972. The van der Waals surface area contributed by atoms with Crippen molar-refractivity contribution in [3.8, 4) is 0 Å². The predicted octanol–water partition coefficient (Wildman–Crippen LogP) is 4.80. The number of nitrogens with zero attached hydrogens (tertiary/aromatic N) is 7. The molecule has 17 nitrogen and oxygen atoms in total. The first-order valence-corrected chi connectivity index (χ1v) is 25.0. The molecule has 3 aromatic carbocycles. The topological polar surface area (TPSA) is 198 Å². The number of fused-ring (bicyclic) bond motifs is 2. The summed E-state index contributed by atoms with van der Waals surface area (Å²) in [4.78, 5) is 70.7. The number of hydrogen-bond acceptors (Lipinski definition) is 11. The predicted molar refractivity (Wildman–Crippen MR) is 272 cm³/mol. The highest BCUT2D eigenvalue weighted by atomic mass is 32.2. The average molecular weight is 983 g/mol. The van der Waals surface area contributed by atoms with Gasteiger partial charge in [-0.2, -0.15) is 4.57 Å². The van der Waals surface area contributed by atoms with Crippen molar-refractivity contribution < 1.29 is 53.4 Å². The van der Waals surface area contributed by atoms with Crippen LogP contribution in [0.1, 0.15) is 43.2 Å². The number of carboxylic acids is 4. The minimum atomic E-state index is -1.07. The van der Waals surface area contributed by atoms with Gasteiger partial charge in [-0.3, -0.25) is 43.6 Å². The normalized spacial score (nSPS) is 17.5. The second kappa shape index (κ2) is 25.8. The van der Waals surface area contributed by atoms with E-state index in [-0.39, 0.29) is 77.9 Å². The van der Waals surface area contributed by atoms with Gasteiger partial charge in [0, 0.05) is 88.0 Å². The Bertz CT molecular complexity index is 2470. The zero-order valence-electron chi connectivity index (χ0n) is 40.7. The van der Waals surface area contributed by atoms with Crippen molar-refractivity contribution in [1.82, 2.24) is 19.6 Å². The Morgan fingerprint density at radius 1 is 0.700 bits per heavy atom. The number of carboxylic acid groups (broad SMARTS) is 4. The van der Waals surface area contributed by atoms with E-state index in [0.29, 0.717) is 18.5 Å². The molecule has 4 aromatic rings. The molecule has 3 heterocycles. The summed E-state index contributed by atoms with van der Waals surface area (Å²) in [5.41, 5.74) is 5.13. The number of benzene rings is 3. The first-order valence-electron chi connectivity index (χ1n) is 24.1. The summed E-state index contributed by atoms with van der Waals surface area (Å²) in [6.45, 7) is 3.17. The van der Waals surface area contributed by atoms with Gasteiger partial charge in [-0.15, -0.1) is 0 Å². The standard InChI is InChI=1S/C52H68N8O9S/c1-54-45-14-8-9-15-46(45)70-48(54)33-40-21-23-58(44-13-7-6-12-43(40)44)22-11-31-60(2,3)30-10-4-5-16-47(61)53-41-19-17-39(18-20-41)32-42-34-57(37-51(66)67)27-26-55(35-49(62)63)24-25-56(36-50(64)65)28-29-59(42)38-52(68)69/h6-9,12-15,17-21,23,33,42H,4-5,10-11,16,22,24-32,34-38H2,1-3H3,(H3-2,53,61,62,63,64,65,66,67,68,69)/p+2. The van der Waals surface area contributed by atoms with Crippen LogP contribution in [-0.2, 0) is 36.9 Å². The number of aliphatic carboxylic acids is 4. The van der Waals surface area contributed by atoms with E-state index in [9.17, 15) is 44.4 Å². The number of amides is 1. The van der Waals surface area contributed by atoms with Crippen molar-refractivity contribution in [1.29, 1.82) is 0 Å². The van der Waals surface area contributed by atoms with E-state index in [4.69, 9.17) is 0 Å².